The molecule has 0 radical (unpaired) electrons. The molecule has 3 unspecified atom stereocenters. The fourth-order valence-electron chi connectivity index (χ4n) is 2.27. The number of hydrogen-bond acceptors (Lipinski definition) is 1. The summed E-state index contributed by atoms with van der Waals surface area (Å²) >= 11 is 3.82. The fraction of sp³-hybridized carbons (Fsp3) is 1.00. The van der Waals surface area contributed by atoms with Crippen LogP contribution < -0.4 is 0 Å². The van der Waals surface area contributed by atoms with Crippen LogP contribution in [0.4, 0.5) is 0 Å². The fourth-order valence-corrected chi connectivity index (χ4v) is 3.21. The minimum absolute atomic E-state index is 0.538. The van der Waals surface area contributed by atoms with Gasteiger partial charge in [-0.2, -0.15) is 0 Å². The minimum atomic E-state index is 0.538. The summed E-state index contributed by atoms with van der Waals surface area (Å²) in [5, 5.41) is 0. The molecule has 1 rings (SSSR count). The predicted molar refractivity (Wildman–Crippen MR) is 65.0 cm³/mol. The maximum Gasteiger partial charge on any atom is 0.0578 e. The maximum atomic E-state index is 5.76. The van der Waals surface area contributed by atoms with E-state index in [2.05, 4.69) is 29.8 Å². The van der Waals surface area contributed by atoms with Gasteiger partial charge in [-0.25, -0.2) is 0 Å². The lowest BCUT2D eigenvalue weighted by atomic mass is 9.89. The highest BCUT2D eigenvalue weighted by atomic mass is 79.9. The quantitative estimate of drug-likeness (QED) is 0.677. The van der Waals surface area contributed by atoms with Crippen molar-refractivity contribution in [3.8, 4) is 0 Å². The van der Waals surface area contributed by atoms with Gasteiger partial charge in [0.2, 0.25) is 0 Å². The number of halogens is 1. The van der Waals surface area contributed by atoms with Gasteiger partial charge in [0.05, 0.1) is 6.10 Å². The first kappa shape index (κ1) is 12.5. The minimum Gasteiger partial charge on any atom is -0.378 e. The molecule has 14 heavy (non-hydrogen) atoms. The molecule has 0 N–H and O–H groups in total. The van der Waals surface area contributed by atoms with Gasteiger partial charge in [-0.1, -0.05) is 42.6 Å². The van der Waals surface area contributed by atoms with E-state index < -0.39 is 0 Å². The van der Waals surface area contributed by atoms with E-state index in [0.29, 0.717) is 6.10 Å². The van der Waals surface area contributed by atoms with E-state index in [0.717, 1.165) is 17.4 Å². The van der Waals surface area contributed by atoms with Gasteiger partial charge in [0.1, 0.15) is 0 Å². The molecule has 0 aromatic carbocycles. The molecule has 1 aliphatic rings. The van der Waals surface area contributed by atoms with E-state index >= 15 is 0 Å². The lowest BCUT2D eigenvalue weighted by Crippen LogP contribution is -2.30. The van der Waals surface area contributed by atoms with Crippen molar-refractivity contribution < 1.29 is 4.74 Å². The molecule has 1 saturated heterocycles. The summed E-state index contributed by atoms with van der Waals surface area (Å²) in [6.45, 7) is 5.48. The Kier molecular flexibility index (Phi) is 6.11. The summed E-state index contributed by atoms with van der Waals surface area (Å²) in [7, 11) is 0. The van der Waals surface area contributed by atoms with E-state index in [-0.39, 0.29) is 0 Å². The SMILES string of the molecule is CCCC1CC(C(Br)CCC)CCO1. The molecule has 1 fully saturated rings. The normalized spacial score (nSPS) is 30.2. The van der Waals surface area contributed by atoms with Crippen molar-refractivity contribution in [1.29, 1.82) is 0 Å². The van der Waals surface area contributed by atoms with Gasteiger partial charge in [0, 0.05) is 11.4 Å². The van der Waals surface area contributed by atoms with Gasteiger partial charge in [0.25, 0.3) is 0 Å². The number of hydrogen-bond donors (Lipinski definition) is 0. The molecule has 0 bridgehead atoms. The van der Waals surface area contributed by atoms with Crippen molar-refractivity contribution in [2.75, 3.05) is 6.61 Å². The third kappa shape index (κ3) is 3.90. The van der Waals surface area contributed by atoms with Gasteiger partial charge in [-0.3, -0.25) is 0 Å². The lowest BCUT2D eigenvalue weighted by Gasteiger charge is -2.32. The zero-order chi connectivity index (χ0) is 10.4. The molecule has 0 spiro atoms. The van der Waals surface area contributed by atoms with Gasteiger partial charge in [-0.05, 0) is 31.6 Å². The summed E-state index contributed by atoms with van der Waals surface area (Å²) in [5.41, 5.74) is 0. The van der Waals surface area contributed by atoms with Gasteiger partial charge in [-0.15, -0.1) is 0 Å². The van der Waals surface area contributed by atoms with Crippen molar-refractivity contribution in [2.45, 2.75) is 63.3 Å². The van der Waals surface area contributed by atoms with E-state index in [1.54, 1.807) is 0 Å². The molecule has 1 nitrogen and oxygen atoms in total. The van der Waals surface area contributed by atoms with Crippen LogP contribution in [0.25, 0.3) is 0 Å². The Hall–Kier alpha value is 0.440. The summed E-state index contributed by atoms with van der Waals surface area (Å²) in [4.78, 5) is 0.718. The van der Waals surface area contributed by atoms with Crippen molar-refractivity contribution in [2.24, 2.45) is 5.92 Å². The van der Waals surface area contributed by atoms with Crippen molar-refractivity contribution in [1.82, 2.24) is 0 Å². The highest BCUT2D eigenvalue weighted by Gasteiger charge is 2.26. The molecular weight excluding hydrogens is 240 g/mol. The topological polar surface area (TPSA) is 9.23 Å². The number of rotatable bonds is 5. The third-order valence-electron chi connectivity index (χ3n) is 3.09. The summed E-state index contributed by atoms with van der Waals surface area (Å²) in [6, 6.07) is 0. The molecule has 0 aromatic rings. The van der Waals surface area contributed by atoms with Crippen LogP contribution in [0.2, 0.25) is 0 Å². The molecule has 84 valence electrons. The highest BCUT2D eigenvalue weighted by Crippen LogP contribution is 2.31. The van der Waals surface area contributed by atoms with E-state index in [1.165, 1.54) is 38.5 Å². The van der Waals surface area contributed by atoms with Crippen LogP contribution in [0.15, 0.2) is 0 Å². The first-order chi connectivity index (χ1) is 6.77. The molecule has 0 aromatic heterocycles. The second kappa shape index (κ2) is 6.84. The average Bonchev–Trinajstić information content (AvgIpc) is 2.19. The zero-order valence-corrected chi connectivity index (χ0v) is 11.1. The second-order valence-electron chi connectivity index (χ2n) is 4.37. The van der Waals surface area contributed by atoms with Crippen LogP contribution in [0, 0.1) is 5.92 Å². The molecule has 3 atom stereocenters. The number of ether oxygens (including phenoxy) is 1. The Morgan fingerprint density at radius 2 is 2.14 bits per heavy atom. The summed E-state index contributed by atoms with van der Waals surface area (Å²) in [5.74, 6) is 0.847. The molecule has 1 aliphatic heterocycles. The van der Waals surface area contributed by atoms with Gasteiger partial charge in [0.15, 0.2) is 0 Å². The van der Waals surface area contributed by atoms with Crippen LogP contribution in [-0.4, -0.2) is 17.5 Å². The maximum absolute atomic E-state index is 5.76. The summed E-state index contributed by atoms with van der Waals surface area (Å²) < 4.78 is 5.76. The molecule has 0 amide bonds. The van der Waals surface area contributed by atoms with Crippen molar-refractivity contribution in [3.63, 3.8) is 0 Å². The molecule has 0 saturated carbocycles. The van der Waals surface area contributed by atoms with E-state index in [9.17, 15) is 0 Å². The van der Waals surface area contributed by atoms with Crippen LogP contribution >= 0.6 is 15.9 Å². The van der Waals surface area contributed by atoms with Crippen LogP contribution in [0.5, 0.6) is 0 Å². The lowest BCUT2D eigenvalue weighted by molar-refractivity contribution is -0.0137. The van der Waals surface area contributed by atoms with E-state index in [1.807, 2.05) is 0 Å². The monoisotopic (exact) mass is 262 g/mol. The van der Waals surface area contributed by atoms with Crippen LogP contribution in [0.1, 0.15) is 52.4 Å². The Morgan fingerprint density at radius 3 is 2.79 bits per heavy atom. The Balaban J connectivity index is 2.31. The largest absolute Gasteiger partial charge is 0.378 e. The second-order valence-corrected chi connectivity index (χ2v) is 5.55. The number of alkyl halides is 1. The Morgan fingerprint density at radius 1 is 1.36 bits per heavy atom. The van der Waals surface area contributed by atoms with Gasteiger partial charge >= 0.3 is 0 Å². The average molecular weight is 263 g/mol. The predicted octanol–water partition coefficient (Wildman–Crippen LogP) is 4.15. The van der Waals surface area contributed by atoms with Crippen LogP contribution in [-0.2, 0) is 4.74 Å². The summed E-state index contributed by atoms with van der Waals surface area (Å²) in [6.07, 6.45) is 8.13. The third-order valence-corrected chi connectivity index (χ3v) is 4.30. The van der Waals surface area contributed by atoms with Crippen molar-refractivity contribution >= 4 is 15.9 Å². The first-order valence-corrected chi connectivity index (χ1v) is 6.95. The molecule has 0 aliphatic carbocycles. The molecule has 1 heterocycles. The Bertz CT molecular complexity index is 143. The standard InChI is InChI=1S/C12H23BrO/c1-3-5-11-9-10(7-8-14-11)12(13)6-4-2/h10-12H,3-9H2,1-2H3. The highest BCUT2D eigenvalue weighted by molar-refractivity contribution is 9.09. The van der Waals surface area contributed by atoms with Crippen LogP contribution in [0.3, 0.4) is 0 Å². The first-order valence-electron chi connectivity index (χ1n) is 6.03. The zero-order valence-electron chi connectivity index (χ0n) is 9.47. The van der Waals surface area contributed by atoms with Gasteiger partial charge < -0.3 is 4.74 Å². The van der Waals surface area contributed by atoms with Crippen molar-refractivity contribution in [3.05, 3.63) is 0 Å². The molecular formula is C12H23BrO. The van der Waals surface area contributed by atoms with E-state index in [4.69, 9.17) is 4.74 Å². The smallest absolute Gasteiger partial charge is 0.0578 e. The molecule has 2 heteroatoms. The Labute approximate surface area is 96.7 Å².